The van der Waals surface area contributed by atoms with Crippen LogP contribution in [0.15, 0.2) is 23.2 Å². The van der Waals surface area contributed by atoms with Gasteiger partial charge in [-0.05, 0) is 18.6 Å². The fraction of sp³-hybridized carbons (Fsp3) is 0.364. The number of isocyanates is 1. The molecule has 1 aliphatic rings. The first-order chi connectivity index (χ1) is 7.13. The molecule has 1 atom stereocenters. The average molecular weight is 207 g/mol. The van der Waals surface area contributed by atoms with Crippen LogP contribution < -0.4 is 4.74 Å². The van der Waals surface area contributed by atoms with Crippen LogP contribution in [0.3, 0.4) is 0 Å². The molecule has 1 aromatic rings. The largest absolute Gasteiger partial charge is 0.491 e. The maximum absolute atomic E-state index is 12.9. The Kier molecular flexibility index (Phi) is 2.29. The summed E-state index contributed by atoms with van der Waals surface area (Å²) in [5.41, 5.74) is 0.288. The first-order valence-corrected chi connectivity index (χ1v) is 4.63. The van der Waals surface area contributed by atoms with E-state index in [2.05, 4.69) is 4.99 Å². The number of fused-ring (bicyclic) bond motifs is 1. The molecule has 0 N–H and O–H groups in total. The number of halogens is 1. The molecular weight excluding hydrogens is 197 g/mol. The molecule has 0 bridgehead atoms. The number of carbonyl (C=O) groups excluding carboxylic acids is 1. The second-order valence-corrected chi connectivity index (χ2v) is 3.92. The van der Waals surface area contributed by atoms with Gasteiger partial charge in [0.25, 0.3) is 0 Å². The van der Waals surface area contributed by atoms with E-state index in [9.17, 15) is 9.18 Å². The van der Waals surface area contributed by atoms with Gasteiger partial charge in [0.1, 0.15) is 23.7 Å². The minimum absolute atomic E-state index is 0.276. The van der Waals surface area contributed by atoms with E-state index in [-0.39, 0.29) is 12.4 Å². The zero-order valence-corrected chi connectivity index (χ0v) is 8.29. The van der Waals surface area contributed by atoms with Gasteiger partial charge < -0.3 is 4.74 Å². The van der Waals surface area contributed by atoms with Gasteiger partial charge >= 0.3 is 0 Å². The van der Waals surface area contributed by atoms with Crippen LogP contribution in [0.4, 0.5) is 4.39 Å². The van der Waals surface area contributed by atoms with Crippen molar-refractivity contribution in [2.75, 3.05) is 6.61 Å². The van der Waals surface area contributed by atoms with E-state index in [4.69, 9.17) is 4.74 Å². The molecule has 1 unspecified atom stereocenters. The Balaban J connectivity index is 2.35. The van der Waals surface area contributed by atoms with Crippen LogP contribution in [0.25, 0.3) is 0 Å². The third-order valence-electron chi connectivity index (χ3n) is 2.45. The topological polar surface area (TPSA) is 38.7 Å². The number of ether oxygens (including phenoxy) is 1. The monoisotopic (exact) mass is 207 g/mol. The van der Waals surface area contributed by atoms with Crippen molar-refractivity contribution >= 4 is 6.08 Å². The van der Waals surface area contributed by atoms with Crippen LogP contribution in [0.2, 0.25) is 0 Å². The smallest absolute Gasteiger partial charge is 0.235 e. The number of benzene rings is 1. The first kappa shape index (κ1) is 9.87. The van der Waals surface area contributed by atoms with Crippen molar-refractivity contribution in [3.8, 4) is 5.75 Å². The number of hydrogen-bond donors (Lipinski definition) is 0. The number of rotatable bonds is 1. The molecule has 15 heavy (non-hydrogen) atoms. The summed E-state index contributed by atoms with van der Waals surface area (Å²) in [7, 11) is 0. The maximum Gasteiger partial charge on any atom is 0.235 e. The summed E-state index contributed by atoms with van der Waals surface area (Å²) in [6, 6.07) is 4.38. The van der Waals surface area contributed by atoms with Crippen LogP contribution in [0, 0.1) is 5.82 Å². The van der Waals surface area contributed by atoms with Crippen molar-refractivity contribution in [2.24, 2.45) is 4.99 Å². The van der Waals surface area contributed by atoms with E-state index in [1.165, 1.54) is 12.1 Å². The molecular formula is C11H10FNO2. The molecule has 0 amide bonds. The standard InChI is InChI=1S/C11H10FNO2/c1-11(13-7-14)5-8-2-3-9(12)4-10(8)15-6-11/h2-4H,5-6H2,1H3. The fourth-order valence-corrected chi connectivity index (χ4v) is 1.69. The van der Waals surface area contributed by atoms with Crippen molar-refractivity contribution in [2.45, 2.75) is 18.9 Å². The molecule has 0 radical (unpaired) electrons. The van der Waals surface area contributed by atoms with Crippen LogP contribution in [0.1, 0.15) is 12.5 Å². The zero-order chi connectivity index (χ0) is 10.9. The zero-order valence-electron chi connectivity index (χ0n) is 8.29. The minimum Gasteiger partial charge on any atom is -0.491 e. The highest BCUT2D eigenvalue weighted by Gasteiger charge is 2.31. The number of aliphatic imine (C=N–C) groups is 1. The summed E-state index contributed by atoms with van der Waals surface area (Å²) < 4.78 is 18.2. The quantitative estimate of drug-likeness (QED) is 0.520. The van der Waals surface area contributed by atoms with Crippen molar-refractivity contribution in [1.82, 2.24) is 0 Å². The Morgan fingerprint density at radius 3 is 3.13 bits per heavy atom. The highest BCUT2D eigenvalue weighted by Crippen LogP contribution is 2.31. The molecule has 4 heteroatoms. The molecule has 0 fully saturated rings. The Bertz CT molecular complexity index is 440. The van der Waals surface area contributed by atoms with Crippen LogP contribution in [0.5, 0.6) is 5.75 Å². The summed E-state index contributed by atoms with van der Waals surface area (Å²) >= 11 is 0. The number of hydrogen-bond acceptors (Lipinski definition) is 3. The normalized spacial score (nSPS) is 23.6. The maximum atomic E-state index is 12.9. The van der Waals surface area contributed by atoms with E-state index in [1.54, 1.807) is 12.1 Å². The van der Waals surface area contributed by atoms with Crippen LogP contribution in [-0.4, -0.2) is 18.2 Å². The predicted octanol–water partition coefficient (Wildman–Crippen LogP) is 1.86. The molecule has 0 spiro atoms. The van der Waals surface area contributed by atoms with E-state index < -0.39 is 5.54 Å². The van der Waals surface area contributed by atoms with Crippen molar-refractivity contribution in [1.29, 1.82) is 0 Å². The minimum atomic E-state index is -0.577. The lowest BCUT2D eigenvalue weighted by Gasteiger charge is -2.30. The SMILES string of the molecule is CC1(N=C=O)COc2cc(F)ccc2C1. The van der Waals surface area contributed by atoms with Gasteiger partial charge in [-0.15, -0.1) is 0 Å². The van der Waals surface area contributed by atoms with E-state index in [0.717, 1.165) is 5.56 Å². The van der Waals surface area contributed by atoms with Gasteiger partial charge in [-0.25, -0.2) is 9.18 Å². The van der Waals surface area contributed by atoms with Crippen LogP contribution >= 0.6 is 0 Å². The molecule has 78 valence electrons. The Hall–Kier alpha value is -1.67. The first-order valence-electron chi connectivity index (χ1n) is 4.63. The Morgan fingerprint density at radius 2 is 2.40 bits per heavy atom. The van der Waals surface area contributed by atoms with Gasteiger partial charge in [0.2, 0.25) is 6.08 Å². The van der Waals surface area contributed by atoms with Gasteiger partial charge in [0, 0.05) is 12.5 Å². The Morgan fingerprint density at radius 1 is 1.60 bits per heavy atom. The van der Waals surface area contributed by atoms with Gasteiger partial charge in [-0.1, -0.05) is 6.07 Å². The summed E-state index contributed by atoms with van der Waals surface area (Å²) in [5.74, 6) is 0.213. The fourth-order valence-electron chi connectivity index (χ4n) is 1.69. The summed E-state index contributed by atoms with van der Waals surface area (Å²) in [6.45, 7) is 2.09. The lowest BCUT2D eigenvalue weighted by Crippen LogP contribution is -2.36. The molecule has 1 aliphatic heterocycles. The van der Waals surface area contributed by atoms with Gasteiger partial charge in [-0.3, -0.25) is 0 Å². The average Bonchev–Trinajstić information content (AvgIpc) is 2.19. The Labute approximate surface area is 86.6 Å². The lowest BCUT2D eigenvalue weighted by molar-refractivity contribution is 0.204. The summed E-state index contributed by atoms with van der Waals surface area (Å²) in [4.78, 5) is 13.9. The second kappa shape index (κ2) is 3.48. The highest BCUT2D eigenvalue weighted by molar-refractivity contribution is 5.40. The molecule has 0 aliphatic carbocycles. The second-order valence-electron chi connectivity index (χ2n) is 3.92. The molecule has 3 nitrogen and oxygen atoms in total. The third kappa shape index (κ3) is 1.90. The molecule has 0 aromatic heterocycles. The van der Waals surface area contributed by atoms with Gasteiger partial charge in [0.15, 0.2) is 0 Å². The van der Waals surface area contributed by atoms with Crippen molar-refractivity contribution in [3.05, 3.63) is 29.6 Å². The molecule has 1 heterocycles. The van der Waals surface area contributed by atoms with Crippen molar-refractivity contribution < 1.29 is 13.9 Å². The van der Waals surface area contributed by atoms with E-state index in [1.807, 2.05) is 6.92 Å². The molecule has 0 saturated carbocycles. The molecule has 1 aromatic carbocycles. The molecule has 0 saturated heterocycles. The van der Waals surface area contributed by atoms with Crippen LogP contribution in [-0.2, 0) is 11.2 Å². The molecule has 2 rings (SSSR count). The predicted molar refractivity (Wildman–Crippen MR) is 52.1 cm³/mol. The van der Waals surface area contributed by atoms with Gasteiger partial charge in [-0.2, -0.15) is 4.99 Å². The van der Waals surface area contributed by atoms with Crippen molar-refractivity contribution in [3.63, 3.8) is 0 Å². The third-order valence-corrected chi connectivity index (χ3v) is 2.45. The van der Waals surface area contributed by atoms with E-state index >= 15 is 0 Å². The number of nitrogens with zero attached hydrogens (tertiary/aromatic N) is 1. The van der Waals surface area contributed by atoms with Gasteiger partial charge in [0.05, 0.1) is 0 Å². The lowest BCUT2D eigenvalue weighted by atomic mass is 9.91. The summed E-state index contributed by atoms with van der Waals surface area (Å²) in [6.07, 6.45) is 2.11. The summed E-state index contributed by atoms with van der Waals surface area (Å²) in [5, 5.41) is 0. The van der Waals surface area contributed by atoms with E-state index in [0.29, 0.717) is 12.2 Å². The highest BCUT2D eigenvalue weighted by atomic mass is 19.1.